The van der Waals surface area contributed by atoms with Crippen molar-refractivity contribution in [2.24, 2.45) is 0 Å². The highest BCUT2D eigenvalue weighted by atomic mass is 79.9. The Labute approximate surface area is 356 Å². The molecule has 2 nitrogen and oxygen atoms in total. The van der Waals surface area contributed by atoms with Gasteiger partial charge in [0.05, 0.1) is 6.61 Å². The van der Waals surface area contributed by atoms with Gasteiger partial charge in [-0.05, 0) is 6.42 Å². The van der Waals surface area contributed by atoms with Crippen LogP contribution in [-0.4, -0.2) is 11.5 Å². The Morgan fingerprint density at radius 1 is 0.255 bits per heavy atom. The molecule has 0 unspecified atom stereocenters. The van der Waals surface area contributed by atoms with Crippen molar-refractivity contribution in [2.75, 3.05) is 6.61 Å². The molecule has 0 aliphatic heterocycles. The van der Waals surface area contributed by atoms with E-state index in [1.54, 1.807) is 0 Å². The van der Waals surface area contributed by atoms with E-state index in [1.165, 1.54) is 308 Å². The molecule has 330 valence electrons. The number of carbonyl (C=O) groups is 1. The van der Waals surface area contributed by atoms with Crippen molar-refractivity contribution in [1.82, 2.24) is 0 Å². The summed E-state index contributed by atoms with van der Waals surface area (Å²) < 4.78 is 4.90. The average Bonchev–Trinajstić information content (AvgIpc) is 3.18. The summed E-state index contributed by atoms with van der Waals surface area (Å²) in [6.07, 6.45) is 71.0. The molecule has 0 rings (SSSR count). The topological polar surface area (TPSA) is 26.3 Å². The van der Waals surface area contributed by atoms with Crippen LogP contribution in [0.3, 0.4) is 0 Å². The van der Waals surface area contributed by atoms with E-state index >= 15 is 0 Å². The Hall–Kier alpha value is -0.0500. The molecule has 0 aromatic heterocycles. The Kier molecular flexibility index (Phi) is 51.9. The maximum Gasteiger partial charge on any atom is 0.374 e. The number of unbranched alkanes of at least 4 members (excludes halogenated alkanes) is 48. The van der Waals surface area contributed by atoms with Gasteiger partial charge >= 0.3 is 4.88 Å². The molecule has 0 aliphatic carbocycles. The minimum atomic E-state index is -0.333. The van der Waals surface area contributed by atoms with Crippen LogP contribution in [0.1, 0.15) is 322 Å². The Morgan fingerprint density at radius 2 is 0.382 bits per heavy atom. The fourth-order valence-electron chi connectivity index (χ4n) is 8.64. The second-order valence-corrected chi connectivity index (χ2v) is 18.7. The third-order valence-electron chi connectivity index (χ3n) is 12.5. The number of hydrogen-bond donors (Lipinski definition) is 0. The molecule has 0 aromatic carbocycles. The summed E-state index contributed by atoms with van der Waals surface area (Å²) in [5.74, 6) is 0. The van der Waals surface area contributed by atoms with Crippen LogP contribution in [0.2, 0.25) is 0 Å². The lowest BCUT2D eigenvalue weighted by molar-refractivity contribution is 0.174. The first kappa shape index (κ1) is 55.0. The molecule has 0 saturated heterocycles. The number of rotatable bonds is 50. The lowest BCUT2D eigenvalue weighted by atomic mass is 10.0. The molecular formula is C52H103BrO2. The molecule has 0 aliphatic rings. The molecule has 0 N–H and O–H groups in total. The highest BCUT2D eigenvalue weighted by molar-refractivity contribution is 9.18. The summed E-state index contributed by atoms with van der Waals surface area (Å²) in [6.45, 7) is 2.87. The maximum absolute atomic E-state index is 10.7. The molecular weight excluding hydrogens is 736 g/mol. The van der Waals surface area contributed by atoms with Crippen molar-refractivity contribution < 1.29 is 9.53 Å². The summed E-state index contributed by atoms with van der Waals surface area (Å²) >= 11 is 2.80. The highest BCUT2D eigenvalue weighted by Crippen LogP contribution is 2.19. The van der Waals surface area contributed by atoms with Gasteiger partial charge < -0.3 is 4.74 Å². The minimum absolute atomic E-state index is 0.333. The van der Waals surface area contributed by atoms with E-state index < -0.39 is 0 Å². The summed E-state index contributed by atoms with van der Waals surface area (Å²) in [5.41, 5.74) is 0. The van der Waals surface area contributed by atoms with Gasteiger partial charge in [0.1, 0.15) is 0 Å². The Bertz CT molecular complexity index is 681. The van der Waals surface area contributed by atoms with Gasteiger partial charge in [-0.2, -0.15) is 0 Å². The number of hydrogen-bond acceptors (Lipinski definition) is 2. The summed E-state index contributed by atoms with van der Waals surface area (Å²) in [5, 5.41) is 0. The van der Waals surface area contributed by atoms with Crippen LogP contribution in [0.4, 0.5) is 4.79 Å². The molecule has 0 radical (unpaired) electrons. The van der Waals surface area contributed by atoms with Crippen LogP contribution in [0.5, 0.6) is 0 Å². The molecule has 0 amide bonds. The zero-order valence-corrected chi connectivity index (χ0v) is 39.6. The molecule has 0 atom stereocenters. The standard InChI is InChI=1S/C52H103BrO2/c1-2-3-4-5-6-7-8-9-10-11-12-13-14-15-16-17-18-19-20-21-22-23-24-25-26-27-28-29-30-31-32-33-34-35-36-37-38-39-40-41-42-43-44-45-46-47-48-49-50-51-55-52(53)54/h2-51H2,1H3. The van der Waals surface area contributed by atoms with Crippen molar-refractivity contribution in [3.05, 3.63) is 0 Å². The predicted octanol–water partition coefficient (Wildman–Crippen LogP) is 20.7. The van der Waals surface area contributed by atoms with Crippen molar-refractivity contribution in [3.63, 3.8) is 0 Å². The normalized spacial score (nSPS) is 11.5. The summed E-state index contributed by atoms with van der Waals surface area (Å²) in [4.78, 5) is 10.3. The molecule has 0 saturated carbocycles. The van der Waals surface area contributed by atoms with Gasteiger partial charge in [-0.3, -0.25) is 0 Å². The van der Waals surface area contributed by atoms with E-state index in [9.17, 15) is 4.79 Å². The van der Waals surface area contributed by atoms with E-state index in [1.807, 2.05) is 0 Å². The summed E-state index contributed by atoms with van der Waals surface area (Å²) in [7, 11) is 0. The SMILES string of the molecule is CCCCCCCCCCCCCCCCCCCCCCCCCCCCCCCCCCCCCCCCCCCCCCCCCCCOC(=O)Br. The maximum atomic E-state index is 10.7. The number of ether oxygens (including phenoxy) is 1. The lowest BCUT2D eigenvalue weighted by Gasteiger charge is -2.05. The van der Waals surface area contributed by atoms with E-state index in [0.29, 0.717) is 6.61 Å². The van der Waals surface area contributed by atoms with Gasteiger partial charge in [0.15, 0.2) is 0 Å². The molecule has 3 heteroatoms. The Morgan fingerprint density at radius 3 is 0.509 bits per heavy atom. The number of halogens is 1. The quantitative estimate of drug-likeness (QED) is 0.0451. The lowest BCUT2D eigenvalue weighted by Crippen LogP contribution is -1.95. The van der Waals surface area contributed by atoms with Gasteiger partial charge in [-0.15, -0.1) is 0 Å². The second kappa shape index (κ2) is 52.0. The number of carbonyl (C=O) groups excluding carboxylic acids is 1. The molecule has 0 bridgehead atoms. The first-order chi connectivity index (χ1) is 27.3. The molecule has 0 aromatic rings. The van der Waals surface area contributed by atoms with Crippen LogP contribution in [0.25, 0.3) is 0 Å². The fraction of sp³-hybridized carbons (Fsp3) is 0.981. The Balaban J connectivity index is 3.06. The van der Waals surface area contributed by atoms with Gasteiger partial charge in [-0.25, -0.2) is 4.79 Å². The molecule has 0 fully saturated rings. The zero-order chi connectivity index (χ0) is 39.6. The molecule has 0 spiro atoms. The van der Waals surface area contributed by atoms with E-state index in [0.717, 1.165) is 6.42 Å². The largest absolute Gasteiger partial charge is 0.457 e. The van der Waals surface area contributed by atoms with E-state index in [4.69, 9.17) is 4.74 Å². The van der Waals surface area contributed by atoms with Crippen LogP contribution in [0.15, 0.2) is 0 Å². The summed E-state index contributed by atoms with van der Waals surface area (Å²) in [6, 6.07) is 0. The zero-order valence-electron chi connectivity index (χ0n) is 38.0. The third kappa shape index (κ3) is 54.0. The monoisotopic (exact) mass is 839 g/mol. The van der Waals surface area contributed by atoms with Gasteiger partial charge in [0.25, 0.3) is 0 Å². The van der Waals surface area contributed by atoms with Crippen LogP contribution >= 0.6 is 15.9 Å². The van der Waals surface area contributed by atoms with Crippen LogP contribution < -0.4 is 0 Å². The predicted molar refractivity (Wildman–Crippen MR) is 252 cm³/mol. The van der Waals surface area contributed by atoms with Crippen molar-refractivity contribution in [3.8, 4) is 0 Å². The third-order valence-corrected chi connectivity index (χ3v) is 12.7. The van der Waals surface area contributed by atoms with Crippen LogP contribution in [-0.2, 0) is 4.74 Å². The first-order valence-corrected chi connectivity index (χ1v) is 26.9. The van der Waals surface area contributed by atoms with Gasteiger partial charge in [0, 0.05) is 15.9 Å². The highest BCUT2D eigenvalue weighted by Gasteiger charge is 1.99. The first-order valence-electron chi connectivity index (χ1n) is 26.1. The molecule has 55 heavy (non-hydrogen) atoms. The van der Waals surface area contributed by atoms with Crippen molar-refractivity contribution in [2.45, 2.75) is 322 Å². The average molecular weight is 840 g/mol. The van der Waals surface area contributed by atoms with E-state index in [-0.39, 0.29) is 4.88 Å². The molecule has 0 heterocycles. The van der Waals surface area contributed by atoms with E-state index in [2.05, 4.69) is 22.9 Å². The minimum Gasteiger partial charge on any atom is -0.457 e. The van der Waals surface area contributed by atoms with Crippen molar-refractivity contribution >= 4 is 20.8 Å². The van der Waals surface area contributed by atoms with Crippen LogP contribution in [0, 0.1) is 0 Å². The van der Waals surface area contributed by atoms with Crippen molar-refractivity contribution in [1.29, 1.82) is 0 Å². The fourth-order valence-corrected chi connectivity index (χ4v) is 8.80. The van der Waals surface area contributed by atoms with Gasteiger partial charge in [-0.1, -0.05) is 315 Å². The van der Waals surface area contributed by atoms with Gasteiger partial charge in [0.2, 0.25) is 0 Å². The smallest absolute Gasteiger partial charge is 0.374 e. The second-order valence-electron chi connectivity index (χ2n) is 18.1.